The summed E-state index contributed by atoms with van der Waals surface area (Å²) in [6.45, 7) is 3.35. The van der Waals surface area contributed by atoms with E-state index in [1.165, 1.54) is 6.92 Å². The normalized spacial score (nSPS) is 11.7. The van der Waals surface area contributed by atoms with Crippen molar-refractivity contribution in [2.24, 2.45) is 0 Å². The van der Waals surface area contributed by atoms with E-state index in [4.69, 9.17) is 0 Å². The van der Waals surface area contributed by atoms with Gasteiger partial charge < -0.3 is 10.6 Å². The molecule has 0 aromatic rings. The largest absolute Gasteiger partial charge is 0.347 e. The monoisotopic (exact) mass is 260 g/mol. The number of unbranched alkanes of at least 4 members (excludes halogenated alkanes) is 1. The van der Waals surface area contributed by atoms with Crippen molar-refractivity contribution >= 4 is 30.2 Å². The minimum absolute atomic E-state index is 0.0199. The average molecular weight is 260 g/mol. The maximum absolute atomic E-state index is 11.6. The van der Waals surface area contributed by atoms with E-state index in [1.54, 1.807) is 0 Å². The molecule has 0 aliphatic carbocycles. The highest BCUT2D eigenvalue weighted by Gasteiger charge is 2.18. The lowest BCUT2D eigenvalue weighted by molar-refractivity contribution is -0.129. The summed E-state index contributed by atoms with van der Waals surface area (Å²) >= 11 is 4.00. The molecule has 6 heteroatoms. The van der Waals surface area contributed by atoms with Gasteiger partial charge in [0.25, 0.3) is 0 Å². The summed E-state index contributed by atoms with van der Waals surface area (Å²) < 4.78 is 0. The van der Waals surface area contributed by atoms with Crippen LogP contribution in [-0.4, -0.2) is 35.9 Å². The molecule has 0 rings (SSSR count). The van der Waals surface area contributed by atoms with Crippen LogP contribution in [0.1, 0.15) is 33.1 Å². The molecule has 0 aliphatic rings. The van der Waals surface area contributed by atoms with Gasteiger partial charge in [-0.15, -0.1) is 0 Å². The molecular weight excluding hydrogens is 240 g/mol. The number of carbonyl (C=O) groups excluding carboxylic acids is 3. The number of hydrogen-bond donors (Lipinski definition) is 3. The van der Waals surface area contributed by atoms with Gasteiger partial charge in [0.1, 0.15) is 11.8 Å². The van der Waals surface area contributed by atoms with E-state index in [0.29, 0.717) is 6.42 Å². The van der Waals surface area contributed by atoms with E-state index in [9.17, 15) is 14.4 Å². The lowest BCUT2D eigenvalue weighted by Crippen LogP contribution is -2.48. The van der Waals surface area contributed by atoms with E-state index < -0.39 is 6.04 Å². The summed E-state index contributed by atoms with van der Waals surface area (Å²) in [6, 6.07) is -0.679. The number of amides is 2. The average Bonchev–Trinajstić information content (AvgIpc) is 2.30. The molecule has 0 spiro atoms. The molecule has 5 nitrogen and oxygen atoms in total. The van der Waals surface area contributed by atoms with Gasteiger partial charge in [0.15, 0.2) is 0 Å². The summed E-state index contributed by atoms with van der Waals surface area (Å²) in [5, 5.41) is 5.03. The van der Waals surface area contributed by atoms with Gasteiger partial charge in [-0.2, -0.15) is 12.6 Å². The Balaban J connectivity index is 4.08. The first-order valence-electron chi connectivity index (χ1n) is 5.68. The number of Topliss-reactive ketones (excluding diaryl/α,β-unsaturated/α-hetero) is 1. The van der Waals surface area contributed by atoms with Crippen LogP contribution in [0, 0.1) is 0 Å². The lowest BCUT2D eigenvalue weighted by Gasteiger charge is -2.15. The molecule has 0 aromatic carbocycles. The van der Waals surface area contributed by atoms with Crippen LogP contribution in [-0.2, 0) is 14.4 Å². The zero-order valence-electron chi connectivity index (χ0n) is 10.3. The molecule has 17 heavy (non-hydrogen) atoms. The molecule has 0 aliphatic heterocycles. The van der Waals surface area contributed by atoms with Crippen molar-refractivity contribution < 1.29 is 14.4 Å². The Labute approximate surface area is 107 Å². The fourth-order valence-electron chi connectivity index (χ4n) is 1.13. The molecule has 0 radical (unpaired) electrons. The third kappa shape index (κ3) is 7.79. The van der Waals surface area contributed by atoms with Gasteiger partial charge in [0.2, 0.25) is 11.8 Å². The second-order valence-corrected chi connectivity index (χ2v) is 4.19. The minimum atomic E-state index is -0.679. The Morgan fingerprint density at radius 1 is 1.29 bits per heavy atom. The molecule has 0 bridgehead atoms. The van der Waals surface area contributed by atoms with Gasteiger partial charge in [-0.05, 0) is 13.3 Å². The highest BCUT2D eigenvalue weighted by atomic mass is 32.1. The molecule has 0 saturated carbocycles. The van der Waals surface area contributed by atoms with Crippen molar-refractivity contribution in [1.82, 2.24) is 10.6 Å². The van der Waals surface area contributed by atoms with E-state index in [0.717, 1.165) is 12.8 Å². The van der Waals surface area contributed by atoms with Crippen LogP contribution < -0.4 is 10.6 Å². The molecule has 0 saturated heterocycles. The van der Waals surface area contributed by atoms with E-state index in [2.05, 4.69) is 23.3 Å². The van der Waals surface area contributed by atoms with Crippen molar-refractivity contribution in [3.8, 4) is 0 Å². The van der Waals surface area contributed by atoms with Gasteiger partial charge in [-0.1, -0.05) is 13.3 Å². The molecular formula is C11H20N2O3S. The van der Waals surface area contributed by atoms with E-state index in [1.807, 2.05) is 6.92 Å². The molecule has 98 valence electrons. The Kier molecular flexibility index (Phi) is 8.49. The van der Waals surface area contributed by atoms with E-state index >= 15 is 0 Å². The molecule has 0 fully saturated rings. The second-order valence-electron chi connectivity index (χ2n) is 3.83. The number of thiol groups is 1. The lowest BCUT2D eigenvalue weighted by atomic mass is 10.2. The van der Waals surface area contributed by atoms with Crippen molar-refractivity contribution in [3.05, 3.63) is 0 Å². The number of rotatable bonds is 8. The van der Waals surface area contributed by atoms with Gasteiger partial charge in [-0.3, -0.25) is 14.4 Å². The van der Waals surface area contributed by atoms with Gasteiger partial charge in [0, 0.05) is 12.2 Å². The third-order valence-corrected chi connectivity index (χ3v) is 2.47. The molecule has 2 amide bonds. The number of ketones is 1. The fourth-order valence-corrected chi connectivity index (χ4v) is 1.39. The summed E-state index contributed by atoms with van der Waals surface area (Å²) in [7, 11) is 0. The Bertz CT molecular complexity index is 282. The molecule has 1 atom stereocenters. The standard InChI is InChI=1S/C11H20N2O3S/c1-3-4-5-10(15)13-9(7-17)11(16)12-6-8(2)14/h9,17H,3-7H2,1-2H3,(H,12,16)(H,13,15)/t9-/m0/s1. The van der Waals surface area contributed by atoms with Crippen LogP contribution in [0.15, 0.2) is 0 Å². The molecule has 0 aromatic heterocycles. The van der Waals surface area contributed by atoms with E-state index in [-0.39, 0.29) is 29.9 Å². The Hall–Kier alpha value is -1.04. The van der Waals surface area contributed by atoms with Crippen molar-refractivity contribution in [2.75, 3.05) is 12.3 Å². The van der Waals surface area contributed by atoms with Gasteiger partial charge >= 0.3 is 0 Å². The minimum Gasteiger partial charge on any atom is -0.347 e. The quantitative estimate of drug-likeness (QED) is 0.549. The predicted octanol–water partition coefficient (Wildman–Crippen LogP) is 0.296. The predicted molar refractivity (Wildman–Crippen MR) is 69.0 cm³/mol. The number of carbonyl (C=O) groups is 3. The van der Waals surface area contributed by atoms with Crippen LogP contribution in [0.5, 0.6) is 0 Å². The first-order chi connectivity index (χ1) is 8.01. The second kappa shape index (κ2) is 9.04. The SMILES string of the molecule is CCCCC(=O)N[C@@H](CS)C(=O)NCC(C)=O. The summed E-state index contributed by atoms with van der Waals surface area (Å²) in [5.41, 5.74) is 0. The maximum atomic E-state index is 11.6. The number of nitrogens with one attached hydrogen (secondary N) is 2. The van der Waals surface area contributed by atoms with Crippen LogP contribution >= 0.6 is 12.6 Å². The van der Waals surface area contributed by atoms with Crippen molar-refractivity contribution in [1.29, 1.82) is 0 Å². The first-order valence-corrected chi connectivity index (χ1v) is 6.31. The van der Waals surface area contributed by atoms with Crippen LogP contribution in [0.3, 0.4) is 0 Å². The zero-order valence-corrected chi connectivity index (χ0v) is 11.2. The number of hydrogen-bond acceptors (Lipinski definition) is 4. The first kappa shape index (κ1) is 16.0. The Morgan fingerprint density at radius 3 is 2.41 bits per heavy atom. The summed E-state index contributed by atoms with van der Waals surface area (Å²) in [5.74, 6) is -0.459. The van der Waals surface area contributed by atoms with Crippen LogP contribution in [0.25, 0.3) is 0 Å². The highest BCUT2D eigenvalue weighted by molar-refractivity contribution is 7.80. The zero-order chi connectivity index (χ0) is 13.3. The smallest absolute Gasteiger partial charge is 0.243 e. The Morgan fingerprint density at radius 2 is 1.94 bits per heavy atom. The highest BCUT2D eigenvalue weighted by Crippen LogP contribution is 1.96. The maximum Gasteiger partial charge on any atom is 0.243 e. The molecule has 0 unspecified atom stereocenters. The van der Waals surface area contributed by atoms with Gasteiger partial charge in [0.05, 0.1) is 6.54 Å². The van der Waals surface area contributed by atoms with Crippen molar-refractivity contribution in [3.63, 3.8) is 0 Å². The summed E-state index contributed by atoms with van der Waals surface area (Å²) in [6.07, 6.45) is 2.12. The third-order valence-electron chi connectivity index (χ3n) is 2.10. The van der Waals surface area contributed by atoms with Gasteiger partial charge in [-0.25, -0.2) is 0 Å². The molecule has 2 N–H and O–H groups in total. The van der Waals surface area contributed by atoms with Crippen molar-refractivity contribution in [2.45, 2.75) is 39.2 Å². The fraction of sp³-hybridized carbons (Fsp3) is 0.727. The summed E-state index contributed by atoms with van der Waals surface area (Å²) in [4.78, 5) is 33.7. The van der Waals surface area contributed by atoms with Crippen LogP contribution in [0.4, 0.5) is 0 Å². The topological polar surface area (TPSA) is 75.3 Å². The van der Waals surface area contributed by atoms with Crippen LogP contribution in [0.2, 0.25) is 0 Å². The molecule has 0 heterocycles.